The molecule has 0 aromatic heterocycles. The van der Waals surface area contributed by atoms with Crippen LogP contribution < -0.4 is 14.2 Å². The second-order valence-corrected chi connectivity index (χ2v) is 6.88. The Hall–Kier alpha value is -1.38. The minimum Gasteiger partial charge on any atom is -0.493 e. The summed E-state index contributed by atoms with van der Waals surface area (Å²) in [5.74, 6) is 3.46. The van der Waals surface area contributed by atoms with E-state index in [0.29, 0.717) is 31.7 Å². The first kappa shape index (κ1) is 20.7. The molecular weight excluding hydrogens is 300 g/mol. The van der Waals surface area contributed by atoms with Crippen LogP contribution in [0.2, 0.25) is 0 Å². The third-order valence-electron chi connectivity index (χ3n) is 3.81. The van der Waals surface area contributed by atoms with Gasteiger partial charge in [0.15, 0.2) is 0 Å². The van der Waals surface area contributed by atoms with Crippen molar-refractivity contribution in [1.29, 1.82) is 0 Å². The van der Waals surface area contributed by atoms with Gasteiger partial charge < -0.3 is 14.2 Å². The van der Waals surface area contributed by atoms with Gasteiger partial charge in [-0.3, -0.25) is 0 Å². The molecule has 0 fully saturated rings. The van der Waals surface area contributed by atoms with Gasteiger partial charge in [0.2, 0.25) is 0 Å². The van der Waals surface area contributed by atoms with E-state index in [2.05, 4.69) is 54.5 Å². The van der Waals surface area contributed by atoms with Gasteiger partial charge >= 0.3 is 0 Å². The summed E-state index contributed by atoms with van der Waals surface area (Å²) in [6.45, 7) is 17.3. The monoisotopic (exact) mass is 336 g/mol. The van der Waals surface area contributed by atoms with E-state index in [4.69, 9.17) is 14.2 Å². The van der Waals surface area contributed by atoms with E-state index >= 15 is 0 Å². The zero-order chi connectivity index (χ0) is 18.1. The van der Waals surface area contributed by atoms with Gasteiger partial charge in [0.1, 0.15) is 17.2 Å². The van der Waals surface area contributed by atoms with Crippen LogP contribution in [0.15, 0.2) is 6.07 Å². The van der Waals surface area contributed by atoms with Crippen molar-refractivity contribution in [2.75, 3.05) is 19.8 Å². The van der Waals surface area contributed by atoms with E-state index in [1.54, 1.807) is 0 Å². The molecule has 1 aromatic carbocycles. The van der Waals surface area contributed by atoms with Crippen LogP contribution in [0.25, 0.3) is 0 Å². The molecule has 24 heavy (non-hydrogen) atoms. The van der Waals surface area contributed by atoms with Gasteiger partial charge in [-0.05, 0) is 31.1 Å². The first-order valence-corrected chi connectivity index (χ1v) is 9.56. The summed E-state index contributed by atoms with van der Waals surface area (Å²) in [6, 6.07) is 2.08. The maximum atomic E-state index is 6.22. The second-order valence-electron chi connectivity index (χ2n) is 6.88. The number of benzene rings is 1. The molecule has 0 unspecified atom stereocenters. The summed E-state index contributed by atoms with van der Waals surface area (Å²) in [4.78, 5) is 0. The highest BCUT2D eigenvalue weighted by atomic mass is 16.5. The van der Waals surface area contributed by atoms with E-state index in [1.807, 2.05) is 0 Å². The second kappa shape index (κ2) is 10.5. The van der Waals surface area contributed by atoms with Crippen LogP contribution in [-0.4, -0.2) is 19.8 Å². The molecular formula is C21H36O3. The Bertz CT molecular complexity index is 454. The molecule has 0 bridgehead atoms. The zero-order valence-corrected chi connectivity index (χ0v) is 16.7. The number of ether oxygens (including phenoxy) is 3. The van der Waals surface area contributed by atoms with Crippen molar-refractivity contribution >= 4 is 0 Å². The Kier molecular flexibility index (Phi) is 9.02. The van der Waals surface area contributed by atoms with Gasteiger partial charge in [-0.25, -0.2) is 0 Å². The van der Waals surface area contributed by atoms with E-state index in [1.165, 1.54) is 11.1 Å². The maximum absolute atomic E-state index is 6.22. The molecule has 3 heteroatoms. The number of rotatable bonds is 11. The zero-order valence-electron chi connectivity index (χ0n) is 16.7. The summed E-state index contributed by atoms with van der Waals surface area (Å²) >= 11 is 0. The van der Waals surface area contributed by atoms with Crippen LogP contribution in [0.4, 0.5) is 0 Å². The van der Waals surface area contributed by atoms with Gasteiger partial charge in [0, 0.05) is 17.2 Å². The van der Waals surface area contributed by atoms with Crippen molar-refractivity contribution in [2.24, 2.45) is 0 Å². The topological polar surface area (TPSA) is 27.7 Å². The van der Waals surface area contributed by atoms with Gasteiger partial charge in [0.25, 0.3) is 0 Å². The van der Waals surface area contributed by atoms with Crippen molar-refractivity contribution in [3.05, 3.63) is 17.2 Å². The fourth-order valence-electron chi connectivity index (χ4n) is 2.76. The lowest BCUT2D eigenvalue weighted by Gasteiger charge is -2.25. The molecule has 1 rings (SSSR count). The largest absolute Gasteiger partial charge is 0.493 e. The Balaban J connectivity index is 3.52. The van der Waals surface area contributed by atoms with E-state index in [0.717, 1.165) is 36.5 Å². The molecule has 0 saturated carbocycles. The van der Waals surface area contributed by atoms with E-state index in [-0.39, 0.29) is 0 Å². The molecule has 138 valence electrons. The molecule has 0 spiro atoms. The van der Waals surface area contributed by atoms with E-state index < -0.39 is 0 Å². The summed E-state index contributed by atoms with van der Waals surface area (Å²) in [6.07, 6.45) is 2.96. The minimum atomic E-state index is 0.335. The molecule has 0 N–H and O–H groups in total. The minimum absolute atomic E-state index is 0.335. The van der Waals surface area contributed by atoms with Crippen molar-refractivity contribution in [3.63, 3.8) is 0 Å². The molecule has 0 radical (unpaired) electrons. The van der Waals surface area contributed by atoms with Gasteiger partial charge in [-0.2, -0.15) is 0 Å². The first-order chi connectivity index (χ1) is 11.5. The molecule has 1 aromatic rings. The van der Waals surface area contributed by atoms with Crippen molar-refractivity contribution in [2.45, 2.75) is 79.6 Å². The third kappa shape index (κ3) is 5.32. The normalized spacial score (nSPS) is 11.2. The fourth-order valence-corrected chi connectivity index (χ4v) is 2.76. The lowest BCUT2D eigenvalue weighted by atomic mass is 9.92. The summed E-state index contributed by atoms with van der Waals surface area (Å²) in [7, 11) is 0. The summed E-state index contributed by atoms with van der Waals surface area (Å²) < 4.78 is 18.3. The van der Waals surface area contributed by atoms with Crippen LogP contribution in [0.5, 0.6) is 17.2 Å². The number of hydrogen-bond donors (Lipinski definition) is 0. The predicted molar refractivity (Wildman–Crippen MR) is 102 cm³/mol. The highest BCUT2D eigenvalue weighted by Crippen LogP contribution is 2.46. The first-order valence-electron chi connectivity index (χ1n) is 9.56. The van der Waals surface area contributed by atoms with Gasteiger partial charge in [-0.15, -0.1) is 0 Å². The molecule has 0 saturated heterocycles. The Labute approximate surface area is 148 Å². The van der Waals surface area contributed by atoms with Crippen LogP contribution in [0.1, 0.15) is 90.7 Å². The average Bonchev–Trinajstić information content (AvgIpc) is 2.54. The number of hydrogen-bond acceptors (Lipinski definition) is 3. The quantitative estimate of drug-likeness (QED) is 0.474. The standard InChI is InChI=1S/C21H36O3/c1-8-11-22-17-14-18(23-12-9-2)20(16(6)7)21(24-13-10-3)19(17)15(4)5/h14-16H,8-13H2,1-7H3. The van der Waals surface area contributed by atoms with Crippen molar-refractivity contribution in [1.82, 2.24) is 0 Å². The van der Waals surface area contributed by atoms with Crippen LogP contribution in [0, 0.1) is 0 Å². The maximum Gasteiger partial charge on any atom is 0.133 e. The Morgan fingerprint density at radius 1 is 0.667 bits per heavy atom. The predicted octanol–water partition coefficient (Wildman–Crippen LogP) is 6.30. The van der Waals surface area contributed by atoms with E-state index in [9.17, 15) is 0 Å². The molecule has 0 aliphatic heterocycles. The Morgan fingerprint density at radius 3 is 1.38 bits per heavy atom. The highest BCUT2D eigenvalue weighted by Gasteiger charge is 2.25. The molecule has 3 nitrogen and oxygen atoms in total. The lowest BCUT2D eigenvalue weighted by molar-refractivity contribution is 0.275. The SMILES string of the molecule is CCCOc1cc(OCCC)c(C(C)C)c(OCCC)c1C(C)C. The Morgan fingerprint density at radius 2 is 1.04 bits per heavy atom. The van der Waals surface area contributed by atoms with Crippen molar-refractivity contribution < 1.29 is 14.2 Å². The molecule has 0 aliphatic carbocycles. The molecule has 0 atom stereocenters. The molecule has 0 heterocycles. The lowest BCUT2D eigenvalue weighted by Crippen LogP contribution is -2.11. The van der Waals surface area contributed by atoms with Crippen molar-refractivity contribution in [3.8, 4) is 17.2 Å². The summed E-state index contributed by atoms with van der Waals surface area (Å²) in [5.41, 5.74) is 2.34. The smallest absolute Gasteiger partial charge is 0.133 e. The molecule has 0 aliphatic rings. The van der Waals surface area contributed by atoms with Crippen LogP contribution >= 0.6 is 0 Å². The molecule has 0 amide bonds. The van der Waals surface area contributed by atoms with Crippen LogP contribution in [0.3, 0.4) is 0 Å². The third-order valence-corrected chi connectivity index (χ3v) is 3.81. The summed E-state index contributed by atoms with van der Waals surface area (Å²) in [5, 5.41) is 0. The average molecular weight is 337 g/mol. The fraction of sp³-hybridized carbons (Fsp3) is 0.714. The van der Waals surface area contributed by atoms with Gasteiger partial charge in [-0.1, -0.05) is 48.5 Å². The highest BCUT2D eigenvalue weighted by molar-refractivity contribution is 5.59. The van der Waals surface area contributed by atoms with Gasteiger partial charge in [0.05, 0.1) is 19.8 Å². The van der Waals surface area contributed by atoms with Crippen LogP contribution in [-0.2, 0) is 0 Å².